The molecule has 0 atom stereocenters. The zero-order chi connectivity index (χ0) is 20.3. The number of esters is 1. The van der Waals surface area contributed by atoms with Crippen LogP contribution < -0.4 is 4.80 Å². The van der Waals surface area contributed by atoms with E-state index in [1.54, 1.807) is 19.1 Å². The molecule has 0 unspecified atom stereocenters. The molecule has 0 saturated carbocycles. The van der Waals surface area contributed by atoms with Crippen LogP contribution in [0, 0.1) is 19.7 Å². The Kier molecular flexibility index (Phi) is 6.04. The third kappa shape index (κ3) is 4.36. The van der Waals surface area contributed by atoms with E-state index in [0.717, 1.165) is 16.7 Å². The Labute approximate surface area is 166 Å². The van der Waals surface area contributed by atoms with Gasteiger partial charge in [0.25, 0.3) is 5.91 Å². The monoisotopic (exact) mass is 400 g/mol. The van der Waals surface area contributed by atoms with Gasteiger partial charge in [0.05, 0.1) is 23.2 Å². The van der Waals surface area contributed by atoms with Gasteiger partial charge in [-0.1, -0.05) is 41.2 Å². The highest BCUT2D eigenvalue weighted by molar-refractivity contribution is 7.16. The quantitative estimate of drug-likeness (QED) is 0.614. The lowest BCUT2D eigenvalue weighted by Crippen LogP contribution is -2.23. The topological polar surface area (TPSA) is 60.7 Å². The Hall–Kier alpha value is -2.80. The van der Waals surface area contributed by atoms with Crippen molar-refractivity contribution in [2.24, 2.45) is 4.99 Å². The second-order valence-corrected chi connectivity index (χ2v) is 7.48. The summed E-state index contributed by atoms with van der Waals surface area (Å²) >= 11 is 1.17. The van der Waals surface area contributed by atoms with E-state index in [4.69, 9.17) is 4.74 Å². The summed E-state index contributed by atoms with van der Waals surface area (Å²) in [5.41, 5.74) is 3.28. The molecule has 7 heteroatoms. The fraction of sp³-hybridized carbons (Fsp3) is 0.286. The number of thiazole rings is 1. The van der Waals surface area contributed by atoms with Gasteiger partial charge in [0.1, 0.15) is 12.4 Å². The number of carbonyl (C=O) groups is 2. The highest BCUT2D eigenvalue weighted by atomic mass is 32.1. The molecule has 0 bridgehead atoms. The molecule has 0 aliphatic rings. The smallest absolute Gasteiger partial charge is 0.326 e. The minimum atomic E-state index is -0.506. The van der Waals surface area contributed by atoms with Crippen LogP contribution in [0.1, 0.15) is 23.6 Å². The van der Waals surface area contributed by atoms with Crippen molar-refractivity contribution in [3.8, 4) is 0 Å². The van der Waals surface area contributed by atoms with Gasteiger partial charge >= 0.3 is 5.97 Å². The van der Waals surface area contributed by atoms with Crippen molar-refractivity contribution in [3.05, 3.63) is 63.7 Å². The molecule has 3 rings (SSSR count). The van der Waals surface area contributed by atoms with Gasteiger partial charge in [-0.05, 0) is 44.0 Å². The highest BCUT2D eigenvalue weighted by Gasteiger charge is 2.15. The minimum Gasteiger partial charge on any atom is -0.465 e. The first-order chi connectivity index (χ1) is 13.4. The van der Waals surface area contributed by atoms with E-state index in [-0.39, 0.29) is 35.8 Å². The van der Waals surface area contributed by atoms with Crippen LogP contribution in [0.5, 0.6) is 0 Å². The van der Waals surface area contributed by atoms with Crippen LogP contribution >= 0.6 is 11.3 Å². The number of hydrogen-bond donors (Lipinski definition) is 0. The molecule has 0 aliphatic carbocycles. The number of fused-ring (bicyclic) bond motifs is 1. The zero-order valence-corrected chi connectivity index (χ0v) is 16.8. The molecule has 0 saturated heterocycles. The molecular formula is C21H21FN2O3S. The first-order valence-corrected chi connectivity index (χ1v) is 9.78. The number of ether oxygens (including phenoxy) is 1. The number of aromatic nitrogens is 1. The second kappa shape index (κ2) is 8.48. The maximum absolute atomic E-state index is 14.4. The minimum absolute atomic E-state index is 0.141. The van der Waals surface area contributed by atoms with E-state index in [1.807, 2.05) is 32.0 Å². The number of aryl methyl sites for hydroxylation is 2. The number of carbonyl (C=O) groups excluding carboxylic acids is 2. The first kappa shape index (κ1) is 19.9. The standard InChI is InChI=1S/C21H21FN2O3S/c1-4-27-19(26)12-24-20-16(22)6-5-7-17(20)28-21(24)23-18(25)11-15-9-8-13(2)10-14(15)3/h5-10H,4,11-12H2,1-3H3. The Balaban J connectivity index is 2.01. The summed E-state index contributed by atoms with van der Waals surface area (Å²) in [6.07, 6.45) is 0.141. The summed E-state index contributed by atoms with van der Waals surface area (Å²) in [5, 5.41) is 0. The van der Waals surface area contributed by atoms with Gasteiger partial charge in [0, 0.05) is 0 Å². The average Bonchev–Trinajstić information content (AvgIpc) is 2.96. The summed E-state index contributed by atoms with van der Waals surface area (Å²) in [6.45, 7) is 5.67. The largest absolute Gasteiger partial charge is 0.465 e. The molecule has 0 spiro atoms. The van der Waals surface area contributed by atoms with Crippen molar-refractivity contribution in [2.45, 2.75) is 33.7 Å². The Morgan fingerprint density at radius 2 is 2.00 bits per heavy atom. The molecule has 5 nitrogen and oxygen atoms in total. The Morgan fingerprint density at radius 3 is 2.71 bits per heavy atom. The first-order valence-electron chi connectivity index (χ1n) is 8.96. The van der Waals surface area contributed by atoms with Gasteiger partial charge < -0.3 is 9.30 Å². The van der Waals surface area contributed by atoms with Crippen LogP contribution in [-0.4, -0.2) is 23.1 Å². The van der Waals surface area contributed by atoms with Crippen LogP contribution in [0.4, 0.5) is 4.39 Å². The van der Waals surface area contributed by atoms with E-state index in [9.17, 15) is 14.0 Å². The van der Waals surface area contributed by atoms with Crippen molar-refractivity contribution in [2.75, 3.05) is 6.61 Å². The van der Waals surface area contributed by atoms with Crippen molar-refractivity contribution >= 4 is 33.4 Å². The molecule has 28 heavy (non-hydrogen) atoms. The van der Waals surface area contributed by atoms with Gasteiger partial charge in [-0.2, -0.15) is 4.99 Å². The van der Waals surface area contributed by atoms with E-state index in [1.165, 1.54) is 22.0 Å². The van der Waals surface area contributed by atoms with Gasteiger partial charge in [-0.15, -0.1) is 0 Å². The van der Waals surface area contributed by atoms with Crippen molar-refractivity contribution in [1.29, 1.82) is 0 Å². The average molecular weight is 400 g/mol. The number of amides is 1. The number of rotatable bonds is 5. The lowest BCUT2D eigenvalue weighted by molar-refractivity contribution is -0.143. The summed E-state index contributed by atoms with van der Waals surface area (Å²) < 4.78 is 21.4. The molecule has 146 valence electrons. The van der Waals surface area contributed by atoms with Crippen LogP contribution in [0.25, 0.3) is 10.2 Å². The molecule has 1 heterocycles. The van der Waals surface area contributed by atoms with Crippen molar-refractivity contribution < 1.29 is 18.7 Å². The fourth-order valence-corrected chi connectivity index (χ4v) is 4.07. The number of benzene rings is 2. The lowest BCUT2D eigenvalue weighted by Gasteiger charge is -2.06. The van der Waals surface area contributed by atoms with Crippen LogP contribution in [0.15, 0.2) is 41.4 Å². The molecule has 1 amide bonds. The molecular weight excluding hydrogens is 379 g/mol. The van der Waals surface area contributed by atoms with E-state index in [2.05, 4.69) is 4.99 Å². The van der Waals surface area contributed by atoms with Gasteiger partial charge in [0.2, 0.25) is 0 Å². The molecule has 3 aromatic rings. The fourth-order valence-electron chi connectivity index (χ4n) is 3.01. The van der Waals surface area contributed by atoms with Gasteiger partial charge in [0.15, 0.2) is 4.80 Å². The summed E-state index contributed by atoms with van der Waals surface area (Å²) in [5.74, 6) is -1.33. The third-order valence-corrected chi connectivity index (χ3v) is 5.35. The van der Waals surface area contributed by atoms with E-state index in [0.29, 0.717) is 4.70 Å². The zero-order valence-electron chi connectivity index (χ0n) is 16.0. The molecule has 0 aliphatic heterocycles. The van der Waals surface area contributed by atoms with Crippen LogP contribution in [0.2, 0.25) is 0 Å². The van der Waals surface area contributed by atoms with Gasteiger partial charge in [-0.25, -0.2) is 4.39 Å². The summed E-state index contributed by atoms with van der Waals surface area (Å²) in [6, 6.07) is 10.5. The normalized spacial score (nSPS) is 11.8. The number of hydrogen-bond acceptors (Lipinski definition) is 4. The van der Waals surface area contributed by atoms with Crippen LogP contribution in [-0.2, 0) is 27.3 Å². The van der Waals surface area contributed by atoms with E-state index < -0.39 is 11.8 Å². The number of halogens is 1. The third-order valence-electron chi connectivity index (χ3n) is 4.30. The Morgan fingerprint density at radius 1 is 1.21 bits per heavy atom. The lowest BCUT2D eigenvalue weighted by atomic mass is 10.0. The maximum atomic E-state index is 14.4. The number of nitrogens with zero attached hydrogens (tertiary/aromatic N) is 2. The number of para-hydroxylation sites is 1. The van der Waals surface area contributed by atoms with Crippen LogP contribution in [0.3, 0.4) is 0 Å². The highest BCUT2D eigenvalue weighted by Crippen LogP contribution is 2.20. The Bertz CT molecular complexity index is 1110. The SMILES string of the molecule is CCOC(=O)Cn1c(=NC(=O)Cc2ccc(C)cc2C)sc2cccc(F)c21. The molecule has 2 aromatic carbocycles. The van der Waals surface area contributed by atoms with E-state index >= 15 is 0 Å². The van der Waals surface area contributed by atoms with Crippen molar-refractivity contribution in [3.63, 3.8) is 0 Å². The predicted molar refractivity (Wildman–Crippen MR) is 107 cm³/mol. The summed E-state index contributed by atoms with van der Waals surface area (Å²) in [4.78, 5) is 29.0. The second-order valence-electron chi connectivity index (χ2n) is 6.47. The molecule has 1 aromatic heterocycles. The molecule has 0 radical (unpaired) electrons. The molecule has 0 fully saturated rings. The molecule has 0 N–H and O–H groups in total. The van der Waals surface area contributed by atoms with Gasteiger partial charge in [-0.3, -0.25) is 9.59 Å². The predicted octanol–water partition coefficient (Wildman–Crippen LogP) is 3.69. The summed E-state index contributed by atoms with van der Waals surface area (Å²) in [7, 11) is 0. The van der Waals surface area contributed by atoms with Crippen molar-refractivity contribution in [1.82, 2.24) is 4.57 Å². The maximum Gasteiger partial charge on any atom is 0.326 e.